The van der Waals surface area contributed by atoms with Gasteiger partial charge in [-0.1, -0.05) is 0 Å². The van der Waals surface area contributed by atoms with Crippen molar-refractivity contribution < 1.29 is 18.7 Å². The Morgan fingerprint density at radius 2 is 2.21 bits per heavy atom. The number of carboxylic acids is 1. The van der Waals surface area contributed by atoms with Crippen LogP contribution in [0.5, 0.6) is 0 Å². The molecule has 1 saturated heterocycles. The average molecular weight is 205 g/mol. The van der Waals surface area contributed by atoms with Gasteiger partial charge in [-0.05, 0) is 25.2 Å². The Bertz CT molecular complexity index is 257. The number of likely N-dealkylation sites (tertiary alicyclic amines) is 1. The fourth-order valence-corrected chi connectivity index (χ4v) is 2.54. The van der Waals surface area contributed by atoms with Crippen molar-refractivity contribution in [2.75, 3.05) is 13.1 Å². The van der Waals surface area contributed by atoms with Crippen LogP contribution in [0.2, 0.25) is 0 Å². The second-order valence-electron chi connectivity index (χ2n) is 4.27. The van der Waals surface area contributed by atoms with E-state index in [9.17, 15) is 13.6 Å². The smallest absolute Gasteiger partial charge is 0.375 e. The second-order valence-corrected chi connectivity index (χ2v) is 4.27. The minimum absolute atomic E-state index is 0.199. The standard InChI is InChI=1S/C9H13F2NO2/c10-9(11,8(13)14)5-12-4-6-1-2-7(12)3-6/h6-7H,1-5H2,(H,13,14). The molecule has 2 fully saturated rings. The molecule has 1 heterocycles. The summed E-state index contributed by atoms with van der Waals surface area (Å²) >= 11 is 0. The average Bonchev–Trinajstić information content (AvgIpc) is 2.63. The largest absolute Gasteiger partial charge is 0.477 e. The lowest BCUT2D eigenvalue weighted by molar-refractivity contribution is -0.168. The summed E-state index contributed by atoms with van der Waals surface area (Å²) in [5, 5.41) is 8.30. The van der Waals surface area contributed by atoms with E-state index in [2.05, 4.69) is 0 Å². The Hall–Kier alpha value is -0.710. The minimum atomic E-state index is -3.59. The minimum Gasteiger partial charge on any atom is -0.477 e. The van der Waals surface area contributed by atoms with Crippen LogP contribution in [0, 0.1) is 5.92 Å². The molecule has 0 aromatic heterocycles. The van der Waals surface area contributed by atoms with Crippen molar-refractivity contribution in [3.05, 3.63) is 0 Å². The highest BCUT2D eigenvalue weighted by molar-refractivity contribution is 5.75. The first-order valence-corrected chi connectivity index (χ1v) is 4.84. The maximum absolute atomic E-state index is 12.9. The third kappa shape index (κ3) is 1.61. The molecular formula is C9H13F2NO2. The van der Waals surface area contributed by atoms with Crippen LogP contribution in [0.25, 0.3) is 0 Å². The molecule has 1 saturated carbocycles. The summed E-state index contributed by atoms with van der Waals surface area (Å²) in [4.78, 5) is 11.9. The number of alkyl halides is 2. The van der Waals surface area contributed by atoms with E-state index in [4.69, 9.17) is 5.11 Å². The van der Waals surface area contributed by atoms with Crippen LogP contribution < -0.4 is 0 Å². The third-order valence-corrected chi connectivity index (χ3v) is 3.24. The van der Waals surface area contributed by atoms with Gasteiger partial charge in [-0.15, -0.1) is 0 Å². The summed E-state index contributed by atoms with van der Waals surface area (Å²) < 4.78 is 25.8. The van der Waals surface area contributed by atoms with E-state index in [0.717, 1.165) is 19.3 Å². The molecule has 2 aliphatic rings. The van der Waals surface area contributed by atoms with Crippen LogP contribution in [0.15, 0.2) is 0 Å². The first kappa shape index (κ1) is 9.83. The number of fused-ring (bicyclic) bond motifs is 2. The molecule has 0 aromatic rings. The summed E-state index contributed by atoms with van der Waals surface area (Å²) in [6.07, 6.45) is 3.02. The zero-order valence-electron chi connectivity index (χ0n) is 7.75. The van der Waals surface area contributed by atoms with E-state index in [0.29, 0.717) is 12.5 Å². The van der Waals surface area contributed by atoms with Gasteiger partial charge < -0.3 is 5.11 Å². The van der Waals surface area contributed by atoms with E-state index < -0.39 is 18.4 Å². The molecule has 1 aliphatic carbocycles. The van der Waals surface area contributed by atoms with E-state index >= 15 is 0 Å². The number of carboxylic acid groups (broad SMARTS) is 1. The summed E-state index contributed by atoms with van der Waals surface area (Å²) in [6.45, 7) is 0.0248. The molecule has 5 heteroatoms. The van der Waals surface area contributed by atoms with E-state index in [1.165, 1.54) is 0 Å². The molecule has 80 valence electrons. The number of carbonyl (C=O) groups is 1. The monoisotopic (exact) mass is 205 g/mol. The topological polar surface area (TPSA) is 40.5 Å². The van der Waals surface area contributed by atoms with E-state index in [1.54, 1.807) is 4.90 Å². The van der Waals surface area contributed by atoms with Gasteiger partial charge in [0.15, 0.2) is 0 Å². The quantitative estimate of drug-likeness (QED) is 0.752. The third-order valence-electron chi connectivity index (χ3n) is 3.24. The lowest BCUT2D eigenvalue weighted by atomic mass is 10.1. The van der Waals surface area contributed by atoms with Crippen LogP contribution in [-0.2, 0) is 4.79 Å². The van der Waals surface area contributed by atoms with Crippen molar-refractivity contribution in [2.45, 2.75) is 31.2 Å². The highest BCUT2D eigenvalue weighted by Gasteiger charge is 2.46. The Kier molecular flexibility index (Phi) is 2.21. The van der Waals surface area contributed by atoms with Crippen LogP contribution in [-0.4, -0.2) is 41.0 Å². The number of halogens is 2. The van der Waals surface area contributed by atoms with Gasteiger partial charge in [-0.3, -0.25) is 4.90 Å². The van der Waals surface area contributed by atoms with Crippen molar-refractivity contribution in [1.29, 1.82) is 0 Å². The van der Waals surface area contributed by atoms with Gasteiger partial charge in [0.05, 0.1) is 6.54 Å². The van der Waals surface area contributed by atoms with Crippen LogP contribution >= 0.6 is 0 Å². The Labute approximate surface area is 80.7 Å². The van der Waals surface area contributed by atoms with Crippen LogP contribution in [0.4, 0.5) is 8.78 Å². The maximum Gasteiger partial charge on any atom is 0.375 e. The van der Waals surface area contributed by atoms with Crippen molar-refractivity contribution in [3.8, 4) is 0 Å². The van der Waals surface area contributed by atoms with Gasteiger partial charge in [-0.2, -0.15) is 8.78 Å². The number of nitrogens with zero attached hydrogens (tertiary/aromatic N) is 1. The number of rotatable bonds is 3. The van der Waals surface area contributed by atoms with Gasteiger partial charge in [0, 0.05) is 12.6 Å². The molecule has 2 bridgehead atoms. The fourth-order valence-electron chi connectivity index (χ4n) is 2.54. The lowest BCUT2D eigenvalue weighted by Crippen LogP contribution is -2.45. The molecule has 0 spiro atoms. The molecule has 2 atom stereocenters. The van der Waals surface area contributed by atoms with Gasteiger partial charge in [0.2, 0.25) is 0 Å². The normalized spacial score (nSPS) is 32.4. The van der Waals surface area contributed by atoms with Crippen molar-refractivity contribution in [2.24, 2.45) is 5.92 Å². The molecule has 3 nitrogen and oxygen atoms in total. The Morgan fingerprint density at radius 3 is 2.64 bits per heavy atom. The predicted octanol–water partition coefficient (Wildman–Crippen LogP) is 1.19. The zero-order valence-corrected chi connectivity index (χ0v) is 7.75. The number of hydrogen-bond acceptors (Lipinski definition) is 2. The number of aliphatic carboxylic acids is 1. The SMILES string of the molecule is O=C(O)C(F)(F)CN1CC2CCC1C2. The van der Waals surface area contributed by atoms with Gasteiger partial charge in [0.25, 0.3) is 0 Å². The van der Waals surface area contributed by atoms with Crippen molar-refractivity contribution in [3.63, 3.8) is 0 Å². The second kappa shape index (κ2) is 3.15. The van der Waals surface area contributed by atoms with E-state index in [-0.39, 0.29) is 6.04 Å². The highest BCUT2D eigenvalue weighted by Crippen LogP contribution is 2.38. The molecule has 1 aliphatic heterocycles. The molecule has 0 amide bonds. The Balaban J connectivity index is 1.95. The maximum atomic E-state index is 12.9. The molecule has 0 radical (unpaired) electrons. The lowest BCUT2D eigenvalue weighted by Gasteiger charge is -2.28. The highest BCUT2D eigenvalue weighted by atomic mass is 19.3. The number of piperidine rings is 1. The molecule has 1 N–H and O–H groups in total. The van der Waals surface area contributed by atoms with Crippen molar-refractivity contribution in [1.82, 2.24) is 4.90 Å². The summed E-state index contributed by atoms with van der Waals surface area (Å²) in [5.74, 6) is -5.09. The van der Waals surface area contributed by atoms with Gasteiger partial charge in [0.1, 0.15) is 0 Å². The van der Waals surface area contributed by atoms with Gasteiger partial charge >= 0.3 is 11.9 Å². The molecule has 0 aromatic carbocycles. The predicted molar refractivity (Wildman–Crippen MR) is 45.3 cm³/mol. The Morgan fingerprint density at radius 1 is 1.50 bits per heavy atom. The van der Waals surface area contributed by atoms with Crippen LogP contribution in [0.3, 0.4) is 0 Å². The van der Waals surface area contributed by atoms with Gasteiger partial charge in [-0.25, -0.2) is 4.79 Å². The van der Waals surface area contributed by atoms with E-state index in [1.807, 2.05) is 0 Å². The van der Waals surface area contributed by atoms with Crippen molar-refractivity contribution >= 4 is 5.97 Å². The molecule has 2 rings (SSSR count). The first-order valence-electron chi connectivity index (χ1n) is 4.84. The first-order chi connectivity index (χ1) is 6.49. The summed E-state index contributed by atoms with van der Waals surface area (Å²) in [6, 6.07) is 0.199. The van der Waals surface area contributed by atoms with Crippen LogP contribution in [0.1, 0.15) is 19.3 Å². The summed E-state index contributed by atoms with van der Waals surface area (Å²) in [5.41, 5.74) is 0. The molecular weight excluding hydrogens is 192 g/mol. The zero-order chi connectivity index (χ0) is 10.3. The number of hydrogen-bond donors (Lipinski definition) is 1. The summed E-state index contributed by atoms with van der Waals surface area (Å²) in [7, 11) is 0. The molecule has 2 unspecified atom stereocenters. The fraction of sp³-hybridized carbons (Fsp3) is 0.889. The molecule has 14 heavy (non-hydrogen) atoms.